The molecule has 0 aliphatic carbocycles. The third-order valence-electron chi connectivity index (χ3n) is 2.85. The summed E-state index contributed by atoms with van der Waals surface area (Å²) in [6.45, 7) is 4.51. The number of ether oxygens (including phenoxy) is 1. The summed E-state index contributed by atoms with van der Waals surface area (Å²) >= 11 is 0. The van der Waals surface area contributed by atoms with Gasteiger partial charge in [-0.05, 0) is 30.5 Å². The number of nitrogens with two attached hydrogens (primary N) is 1. The molecule has 94 valence electrons. The Bertz CT molecular complexity index is 509. The summed E-state index contributed by atoms with van der Waals surface area (Å²) in [5, 5.41) is 0. The Morgan fingerprint density at radius 2 is 2.00 bits per heavy atom. The van der Waals surface area contributed by atoms with E-state index >= 15 is 0 Å². The quantitative estimate of drug-likeness (QED) is 0.896. The van der Waals surface area contributed by atoms with Crippen molar-refractivity contribution < 1.29 is 4.74 Å². The number of aryl methyl sites for hydroxylation is 1. The standard InChI is InChI=1S/C15H18N2O/c1-11-8-15(17-9-14(11)12(2)16)18-10-13-6-4-3-5-7-13/h3-9,12H,10,16H2,1-2H3/t12-/m1/s1. The summed E-state index contributed by atoms with van der Waals surface area (Å²) < 4.78 is 5.66. The Morgan fingerprint density at radius 3 is 2.61 bits per heavy atom. The highest BCUT2D eigenvalue weighted by Gasteiger charge is 2.06. The Hall–Kier alpha value is -1.87. The van der Waals surface area contributed by atoms with Crippen LogP contribution in [0.15, 0.2) is 42.6 Å². The molecule has 0 aliphatic heterocycles. The molecule has 0 amide bonds. The molecule has 0 radical (unpaired) electrons. The molecule has 0 spiro atoms. The average Bonchev–Trinajstić information content (AvgIpc) is 2.37. The minimum absolute atomic E-state index is 0.000623. The van der Waals surface area contributed by atoms with Crippen LogP contribution in [0.4, 0.5) is 0 Å². The van der Waals surface area contributed by atoms with E-state index in [2.05, 4.69) is 4.98 Å². The van der Waals surface area contributed by atoms with E-state index in [1.165, 1.54) is 0 Å². The third kappa shape index (κ3) is 3.08. The van der Waals surface area contributed by atoms with Gasteiger partial charge in [0.25, 0.3) is 0 Å². The van der Waals surface area contributed by atoms with Gasteiger partial charge in [0.1, 0.15) is 6.61 Å². The molecule has 2 aromatic rings. The lowest BCUT2D eigenvalue weighted by molar-refractivity contribution is 0.293. The number of hydrogen-bond acceptors (Lipinski definition) is 3. The monoisotopic (exact) mass is 242 g/mol. The fourth-order valence-electron chi connectivity index (χ4n) is 1.83. The predicted octanol–water partition coefficient (Wildman–Crippen LogP) is 2.99. The van der Waals surface area contributed by atoms with Crippen molar-refractivity contribution in [2.24, 2.45) is 5.73 Å². The number of aromatic nitrogens is 1. The Kier molecular flexibility index (Phi) is 3.95. The van der Waals surface area contributed by atoms with Crippen LogP contribution >= 0.6 is 0 Å². The summed E-state index contributed by atoms with van der Waals surface area (Å²) in [7, 11) is 0. The van der Waals surface area contributed by atoms with Crippen LogP contribution in [-0.2, 0) is 6.61 Å². The van der Waals surface area contributed by atoms with Crippen LogP contribution in [0.2, 0.25) is 0 Å². The lowest BCUT2D eigenvalue weighted by atomic mass is 10.1. The van der Waals surface area contributed by atoms with Crippen LogP contribution in [0.1, 0.15) is 29.7 Å². The minimum atomic E-state index is 0.000623. The van der Waals surface area contributed by atoms with E-state index in [0.717, 1.165) is 16.7 Å². The number of rotatable bonds is 4. The van der Waals surface area contributed by atoms with E-state index in [9.17, 15) is 0 Å². The van der Waals surface area contributed by atoms with Gasteiger partial charge in [-0.3, -0.25) is 0 Å². The molecule has 0 aliphatic rings. The molecule has 2 rings (SSSR count). The van der Waals surface area contributed by atoms with Gasteiger partial charge < -0.3 is 10.5 Å². The SMILES string of the molecule is Cc1cc(OCc2ccccc2)ncc1[C@@H](C)N. The summed E-state index contributed by atoms with van der Waals surface area (Å²) in [5.74, 6) is 0.640. The number of nitrogens with zero attached hydrogens (tertiary/aromatic N) is 1. The first kappa shape index (κ1) is 12.6. The van der Waals surface area contributed by atoms with Crippen molar-refractivity contribution in [3.8, 4) is 5.88 Å². The highest BCUT2D eigenvalue weighted by atomic mass is 16.5. The van der Waals surface area contributed by atoms with Crippen molar-refractivity contribution in [2.45, 2.75) is 26.5 Å². The molecule has 0 saturated carbocycles. The topological polar surface area (TPSA) is 48.1 Å². The second-order valence-electron chi connectivity index (χ2n) is 4.44. The molecule has 1 heterocycles. The van der Waals surface area contributed by atoms with E-state index in [4.69, 9.17) is 10.5 Å². The second-order valence-corrected chi connectivity index (χ2v) is 4.44. The normalized spacial score (nSPS) is 12.2. The van der Waals surface area contributed by atoms with Gasteiger partial charge in [-0.15, -0.1) is 0 Å². The smallest absolute Gasteiger partial charge is 0.213 e. The Labute approximate surface area is 108 Å². The highest BCUT2D eigenvalue weighted by Crippen LogP contribution is 2.19. The lowest BCUT2D eigenvalue weighted by Crippen LogP contribution is -2.08. The van der Waals surface area contributed by atoms with E-state index in [1.807, 2.05) is 50.2 Å². The molecule has 1 aromatic heterocycles. The van der Waals surface area contributed by atoms with Crippen LogP contribution in [-0.4, -0.2) is 4.98 Å². The van der Waals surface area contributed by atoms with Gasteiger partial charge in [-0.1, -0.05) is 30.3 Å². The second kappa shape index (κ2) is 5.65. The number of hydrogen-bond donors (Lipinski definition) is 1. The highest BCUT2D eigenvalue weighted by molar-refractivity contribution is 5.30. The Morgan fingerprint density at radius 1 is 1.28 bits per heavy atom. The zero-order valence-electron chi connectivity index (χ0n) is 10.8. The predicted molar refractivity (Wildman–Crippen MR) is 72.4 cm³/mol. The van der Waals surface area contributed by atoms with Crippen LogP contribution in [0.3, 0.4) is 0 Å². The van der Waals surface area contributed by atoms with Crippen LogP contribution in [0, 0.1) is 6.92 Å². The molecule has 2 N–H and O–H groups in total. The first-order chi connectivity index (χ1) is 8.66. The van der Waals surface area contributed by atoms with E-state index in [0.29, 0.717) is 12.5 Å². The molecule has 0 saturated heterocycles. The lowest BCUT2D eigenvalue weighted by Gasteiger charge is -2.11. The van der Waals surface area contributed by atoms with Gasteiger partial charge >= 0.3 is 0 Å². The maximum Gasteiger partial charge on any atom is 0.213 e. The van der Waals surface area contributed by atoms with Crippen LogP contribution in [0.5, 0.6) is 5.88 Å². The molecule has 3 heteroatoms. The maximum absolute atomic E-state index is 5.85. The fraction of sp³-hybridized carbons (Fsp3) is 0.267. The van der Waals surface area contributed by atoms with Crippen LogP contribution < -0.4 is 10.5 Å². The first-order valence-corrected chi connectivity index (χ1v) is 6.05. The molecular formula is C15H18N2O. The van der Waals surface area contributed by atoms with Gasteiger partial charge in [0.05, 0.1) is 0 Å². The van der Waals surface area contributed by atoms with Gasteiger partial charge in [0, 0.05) is 18.3 Å². The summed E-state index contributed by atoms with van der Waals surface area (Å²) in [4.78, 5) is 4.27. The number of benzene rings is 1. The molecule has 0 unspecified atom stereocenters. The van der Waals surface area contributed by atoms with Crippen molar-refractivity contribution in [1.29, 1.82) is 0 Å². The van der Waals surface area contributed by atoms with E-state index < -0.39 is 0 Å². The van der Waals surface area contributed by atoms with Gasteiger partial charge in [0.2, 0.25) is 5.88 Å². The molecule has 1 atom stereocenters. The average molecular weight is 242 g/mol. The molecule has 3 nitrogen and oxygen atoms in total. The molecule has 18 heavy (non-hydrogen) atoms. The molecule has 0 fully saturated rings. The van der Waals surface area contributed by atoms with Crippen molar-refractivity contribution in [3.05, 3.63) is 59.3 Å². The van der Waals surface area contributed by atoms with Crippen molar-refractivity contribution in [1.82, 2.24) is 4.98 Å². The molecule has 0 bridgehead atoms. The zero-order chi connectivity index (χ0) is 13.0. The van der Waals surface area contributed by atoms with E-state index in [-0.39, 0.29) is 6.04 Å². The molecular weight excluding hydrogens is 224 g/mol. The largest absolute Gasteiger partial charge is 0.473 e. The maximum atomic E-state index is 5.85. The Balaban J connectivity index is 2.05. The van der Waals surface area contributed by atoms with Crippen LogP contribution in [0.25, 0.3) is 0 Å². The zero-order valence-corrected chi connectivity index (χ0v) is 10.8. The van der Waals surface area contributed by atoms with E-state index in [1.54, 1.807) is 6.20 Å². The first-order valence-electron chi connectivity index (χ1n) is 6.05. The summed E-state index contributed by atoms with van der Waals surface area (Å²) in [6.07, 6.45) is 1.79. The van der Waals surface area contributed by atoms with Crippen molar-refractivity contribution in [2.75, 3.05) is 0 Å². The van der Waals surface area contributed by atoms with Gasteiger partial charge in [-0.25, -0.2) is 4.98 Å². The molecule has 1 aromatic carbocycles. The number of pyridine rings is 1. The fourth-order valence-corrected chi connectivity index (χ4v) is 1.83. The van der Waals surface area contributed by atoms with Crippen molar-refractivity contribution >= 4 is 0 Å². The summed E-state index contributed by atoms with van der Waals surface area (Å²) in [6, 6.07) is 12.0. The van der Waals surface area contributed by atoms with Gasteiger partial charge in [-0.2, -0.15) is 0 Å². The van der Waals surface area contributed by atoms with Gasteiger partial charge in [0.15, 0.2) is 0 Å². The minimum Gasteiger partial charge on any atom is -0.473 e. The third-order valence-corrected chi connectivity index (χ3v) is 2.85. The van der Waals surface area contributed by atoms with Crippen molar-refractivity contribution in [3.63, 3.8) is 0 Å². The summed E-state index contributed by atoms with van der Waals surface area (Å²) in [5.41, 5.74) is 9.15.